The molecule has 0 amide bonds. The fourth-order valence-corrected chi connectivity index (χ4v) is 13.3. The zero-order chi connectivity index (χ0) is 23.0. The van der Waals surface area contributed by atoms with Crippen molar-refractivity contribution in [3.8, 4) is 0 Å². The van der Waals surface area contributed by atoms with E-state index in [0.717, 1.165) is 0 Å². The molecule has 0 radical (unpaired) electrons. The first kappa shape index (κ1) is 36.2. The molecule has 2 aromatic carbocycles. The van der Waals surface area contributed by atoms with E-state index in [1.165, 1.54) is 41.2 Å². The first-order valence-corrected chi connectivity index (χ1v) is 17.7. The van der Waals surface area contributed by atoms with Gasteiger partial charge in [0, 0.05) is 0 Å². The number of allylic oxidation sites excluding steroid dienone is 4. The molecular weight excluding hydrogens is 488 g/mol. The SMILES string of the molecule is CCCC[Si](c1ccccc1)(c1cc(C)cc([Si](C)(C)C)c1)C1(C)[C-]=C(C)C(C)=C1C.[CH3-].[CH3-].[CH3-].[Ti+4]. The molecule has 0 saturated carbocycles. The Morgan fingerprint density at radius 2 is 1.34 bits per heavy atom. The molecule has 1 aliphatic rings. The Morgan fingerprint density at radius 3 is 1.80 bits per heavy atom. The van der Waals surface area contributed by atoms with Crippen molar-refractivity contribution in [3.63, 3.8) is 0 Å². The third-order valence-corrected chi connectivity index (χ3v) is 15.7. The van der Waals surface area contributed by atoms with Crippen LogP contribution < -0.4 is 15.6 Å². The maximum Gasteiger partial charge on any atom is 4.00 e. The van der Waals surface area contributed by atoms with E-state index in [4.69, 9.17) is 0 Å². The van der Waals surface area contributed by atoms with E-state index >= 15 is 0 Å². The Kier molecular flexibility index (Phi) is 14.0. The average molecular weight is 539 g/mol. The monoisotopic (exact) mass is 538 g/mol. The minimum absolute atomic E-state index is 0. The summed E-state index contributed by atoms with van der Waals surface area (Å²) >= 11 is 0. The molecule has 0 bridgehead atoms. The number of unbranched alkanes of at least 4 members (excludes halogenated alkanes) is 1. The number of aryl methyl sites for hydroxylation is 1. The summed E-state index contributed by atoms with van der Waals surface area (Å²) in [6.45, 7) is 21.5. The Balaban J connectivity index is 0. The smallest absolute Gasteiger partial charge is 0.358 e. The molecule has 3 heteroatoms. The summed E-state index contributed by atoms with van der Waals surface area (Å²) < 4.78 is 0. The van der Waals surface area contributed by atoms with E-state index in [1.54, 1.807) is 15.6 Å². The Morgan fingerprint density at radius 1 is 0.800 bits per heavy atom. The van der Waals surface area contributed by atoms with Crippen LogP contribution in [0.15, 0.2) is 65.3 Å². The molecule has 3 rings (SSSR count). The number of hydrogen-bond acceptors (Lipinski definition) is 0. The Hall–Kier alpha value is -0.932. The van der Waals surface area contributed by atoms with Gasteiger partial charge in [-0.15, -0.1) is 6.92 Å². The van der Waals surface area contributed by atoms with Crippen molar-refractivity contribution in [1.29, 1.82) is 0 Å². The molecule has 35 heavy (non-hydrogen) atoms. The third-order valence-electron chi connectivity index (χ3n) is 7.77. The van der Waals surface area contributed by atoms with Gasteiger partial charge in [0.05, 0.1) is 8.07 Å². The zero-order valence-electron chi connectivity index (χ0n) is 24.7. The van der Waals surface area contributed by atoms with Gasteiger partial charge in [-0.3, -0.25) is 6.08 Å². The summed E-state index contributed by atoms with van der Waals surface area (Å²) in [5, 5.41) is 4.74. The van der Waals surface area contributed by atoms with Crippen molar-refractivity contribution in [2.45, 2.75) is 85.1 Å². The molecule has 0 aromatic heterocycles. The van der Waals surface area contributed by atoms with E-state index in [1.807, 2.05) is 0 Å². The van der Waals surface area contributed by atoms with Crippen molar-refractivity contribution in [2.24, 2.45) is 0 Å². The molecule has 0 spiro atoms. The van der Waals surface area contributed by atoms with E-state index in [0.29, 0.717) is 0 Å². The molecule has 0 aliphatic heterocycles. The molecule has 2 aromatic rings. The normalized spacial score (nSPS) is 18.8. The molecular formula is C32H50Si2Ti. The van der Waals surface area contributed by atoms with E-state index in [2.05, 4.69) is 116 Å². The molecule has 0 nitrogen and oxygen atoms in total. The second kappa shape index (κ2) is 13.6. The van der Waals surface area contributed by atoms with Gasteiger partial charge in [-0.1, -0.05) is 135 Å². The van der Waals surface area contributed by atoms with Crippen LogP contribution in [0.1, 0.15) is 53.0 Å². The van der Waals surface area contributed by atoms with Crippen molar-refractivity contribution in [1.82, 2.24) is 0 Å². The summed E-state index contributed by atoms with van der Waals surface area (Å²) in [6.07, 6.45) is 6.56. The molecule has 0 N–H and O–H groups in total. The average Bonchev–Trinajstić information content (AvgIpc) is 2.92. The summed E-state index contributed by atoms with van der Waals surface area (Å²) in [5.74, 6) is 0. The van der Waals surface area contributed by atoms with Crippen molar-refractivity contribution >= 4 is 31.7 Å². The molecule has 0 heterocycles. The number of benzene rings is 2. The van der Waals surface area contributed by atoms with E-state index in [9.17, 15) is 0 Å². The maximum absolute atomic E-state index is 4.07. The molecule has 2 unspecified atom stereocenters. The van der Waals surface area contributed by atoms with Crippen LogP contribution in [-0.2, 0) is 21.7 Å². The Bertz CT molecular complexity index is 1010. The van der Waals surface area contributed by atoms with Gasteiger partial charge in [0.15, 0.2) is 0 Å². The summed E-state index contributed by atoms with van der Waals surface area (Å²) in [4.78, 5) is 0. The Labute approximate surface area is 236 Å². The maximum atomic E-state index is 4.07. The van der Waals surface area contributed by atoms with Crippen LogP contribution in [0.2, 0.25) is 30.7 Å². The van der Waals surface area contributed by atoms with Crippen LogP contribution in [0.25, 0.3) is 0 Å². The number of rotatable bonds is 7. The molecule has 0 fully saturated rings. The molecule has 190 valence electrons. The topological polar surface area (TPSA) is 0 Å². The van der Waals surface area contributed by atoms with Crippen LogP contribution in [0.5, 0.6) is 0 Å². The van der Waals surface area contributed by atoms with Crippen molar-refractivity contribution in [2.75, 3.05) is 0 Å². The predicted molar refractivity (Wildman–Crippen MR) is 164 cm³/mol. The van der Waals surface area contributed by atoms with Crippen LogP contribution in [0.3, 0.4) is 0 Å². The molecule has 2 atom stereocenters. The van der Waals surface area contributed by atoms with Gasteiger partial charge in [-0.2, -0.15) is 11.1 Å². The molecule has 0 saturated heterocycles. The first-order valence-electron chi connectivity index (χ1n) is 12.0. The van der Waals surface area contributed by atoms with Gasteiger partial charge in [-0.25, -0.2) is 5.57 Å². The minimum atomic E-state index is -2.22. The van der Waals surface area contributed by atoms with Gasteiger partial charge in [-0.05, 0) is 13.0 Å². The summed E-state index contributed by atoms with van der Waals surface area (Å²) in [5.41, 5.74) is 5.75. The summed E-state index contributed by atoms with van der Waals surface area (Å²) in [7, 11) is -3.65. The van der Waals surface area contributed by atoms with Gasteiger partial charge in [0.1, 0.15) is 8.07 Å². The van der Waals surface area contributed by atoms with E-state index in [-0.39, 0.29) is 49.0 Å². The second-order valence-electron chi connectivity index (χ2n) is 10.8. The van der Waals surface area contributed by atoms with Crippen LogP contribution in [0, 0.1) is 35.3 Å². The first-order chi connectivity index (χ1) is 14.5. The standard InChI is InChI=1S/C29H41Si2.3CH3.Ti/c1-10-11-17-31(26-15-13-12-14-16-26,29(6)21-23(3)24(4)25(29)5)28-19-22(2)18-27(20-28)30(7,8)9;;;;/h12-16,18-20H,10-11,17H2,1-9H3;3*1H3;/q4*-1;+4. The van der Waals surface area contributed by atoms with Crippen molar-refractivity contribution < 1.29 is 21.7 Å². The van der Waals surface area contributed by atoms with Gasteiger partial charge >= 0.3 is 21.7 Å². The molecule has 1 aliphatic carbocycles. The second-order valence-corrected chi connectivity index (χ2v) is 20.4. The van der Waals surface area contributed by atoms with Crippen molar-refractivity contribution in [3.05, 3.63) is 99.2 Å². The summed E-state index contributed by atoms with van der Waals surface area (Å²) in [6, 6.07) is 20.4. The zero-order valence-corrected chi connectivity index (χ0v) is 28.3. The fraction of sp³-hybridized carbons (Fsp3) is 0.406. The van der Waals surface area contributed by atoms with Gasteiger partial charge < -0.3 is 22.3 Å². The minimum Gasteiger partial charge on any atom is -0.358 e. The third kappa shape index (κ3) is 6.50. The fourth-order valence-electron chi connectivity index (χ4n) is 5.56. The van der Waals surface area contributed by atoms with Crippen LogP contribution in [0.4, 0.5) is 0 Å². The quantitative estimate of drug-likeness (QED) is 0.247. The van der Waals surface area contributed by atoms with Gasteiger partial charge in [0.25, 0.3) is 0 Å². The van der Waals surface area contributed by atoms with Crippen LogP contribution >= 0.6 is 0 Å². The van der Waals surface area contributed by atoms with Crippen LogP contribution in [-0.4, -0.2) is 16.1 Å². The number of hydrogen-bond donors (Lipinski definition) is 0. The largest absolute Gasteiger partial charge is 4.00 e. The van der Waals surface area contributed by atoms with E-state index < -0.39 is 16.1 Å². The van der Waals surface area contributed by atoms with Gasteiger partial charge in [0.2, 0.25) is 0 Å². The predicted octanol–water partition coefficient (Wildman–Crippen LogP) is 8.11.